The van der Waals surface area contributed by atoms with Gasteiger partial charge >= 0.3 is 0 Å². The lowest BCUT2D eigenvalue weighted by Crippen LogP contribution is -2.41. The molecule has 1 atom stereocenters. The Morgan fingerprint density at radius 3 is 2.50 bits per heavy atom. The van der Waals surface area contributed by atoms with E-state index in [0.717, 1.165) is 12.8 Å². The Hall–Kier alpha value is -1.06. The molecule has 1 heterocycles. The predicted molar refractivity (Wildman–Crippen MR) is 70.0 cm³/mol. The molecule has 102 valence electrons. The maximum absolute atomic E-state index is 12.1. The summed E-state index contributed by atoms with van der Waals surface area (Å²) in [7, 11) is 0. The van der Waals surface area contributed by atoms with E-state index in [1.807, 2.05) is 18.7 Å². The fourth-order valence-electron chi connectivity index (χ4n) is 2.97. The molecule has 0 radical (unpaired) electrons. The molecule has 0 aromatic heterocycles. The van der Waals surface area contributed by atoms with Gasteiger partial charge in [0.2, 0.25) is 11.8 Å². The highest BCUT2D eigenvalue weighted by atomic mass is 16.2. The van der Waals surface area contributed by atoms with Gasteiger partial charge < -0.3 is 10.2 Å². The number of nitrogens with zero attached hydrogens (tertiary/aromatic N) is 1. The highest BCUT2D eigenvalue weighted by molar-refractivity contribution is 5.89. The molecule has 0 spiro atoms. The van der Waals surface area contributed by atoms with E-state index in [9.17, 15) is 9.59 Å². The van der Waals surface area contributed by atoms with Crippen LogP contribution in [0.1, 0.15) is 52.4 Å². The SMILES string of the molecule is CC(C)N1CC(C(=O)NC2CCCCC2)CC1=O. The van der Waals surface area contributed by atoms with Crippen LogP contribution >= 0.6 is 0 Å². The van der Waals surface area contributed by atoms with E-state index in [-0.39, 0.29) is 23.8 Å². The summed E-state index contributed by atoms with van der Waals surface area (Å²) >= 11 is 0. The molecule has 1 N–H and O–H groups in total. The zero-order valence-electron chi connectivity index (χ0n) is 11.4. The van der Waals surface area contributed by atoms with Crippen molar-refractivity contribution in [2.45, 2.75) is 64.5 Å². The maximum atomic E-state index is 12.1. The monoisotopic (exact) mass is 252 g/mol. The summed E-state index contributed by atoms with van der Waals surface area (Å²) in [5.41, 5.74) is 0. The zero-order chi connectivity index (χ0) is 13.1. The van der Waals surface area contributed by atoms with Crippen LogP contribution in [0.2, 0.25) is 0 Å². The summed E-state index contributed by atoms with van der Waals surface area (Å²) in [4.78, 5) is 25.7. The Morgan fingerprint density at radius 1 is 1.28 bits per heavy atom. The van der Waals surface area contributed by atoms with Gasteiger partial charge in [0.25, 0.3) is 0 Å². The topological polar surface area (TPSA) is 49.4 Å². The van der Waals surface area contributed by atoms with Crippen molar-refractivity contribution in [3.05, 3.63) is 0 Å². The van der Waals surface area contributed by atoms with Crippen molar-refractivity contribution in [1.82, 2.24) is 10.2 Å². The van der Waals surface area contributed by atoms with Crippen molar-refractivity contribution in [3.63, 3.8) is 0 Å². The lowest BCUT2D eigenvalue weighted by molar-refractivity contribution is -0.130. The standard InChI is InChI=1S/C14H24N2O2/c1-10(2)16-9-11(8-13(16)17)14(18)15-12-6-4-3-5-7-12/h10-12H,3-9H2,1-2H3,(H,15,18). The number of rotatable bonds is 3. The van der Waals surface area contributed by atoms with Crippen molar-refractivity contribution >= 4 is 11.8 Å². The van der Waals surface area contributed by atoms with Gasteiger partial charge in [-0.2, -0.15) is 0 Å². The number of carbonyl (C=O) groups is 2. The van der Waals surface area contributed by atoms with Gasteiger partial charge in [0.05, 0.1) is 5.92 Å². The van der Waals surface area contributed by atoms with Gasteiger partial charge in [-0.3, -0.25) is 9.59 Å². The van der Waals surface area contributed by atoms with E-state index < -0.39 is 0 Å². The third-order valence-corrected chi connectivity index (χ3v) is 4.10. The molecular weight excluding hydrogens is 228 g/mol. The molecule has 0 aromatic rings. The summed E-state index contributed by atoms with van der Waals surface area (Å²) in [6, 6.07) is 0.541. The number of carbonyl (C=O) groups excluding carboxylic acids is 2. The molecule has 1 saturated carbocycles. The van der Waals surface area contributed by atoms with Crippen molar-refractivity contribution < 1.29 is 9.59 Å². The summed E-state index contributed by atoms with van der Waals surface area (Å²) in [5.74, 6) is 0.0639. The van der Waals surface area contributed by atoms with Gasteiger partial charge in [0, 0.05) is 25.0 Å². The molecule has 0 bridgehead atoms. The lowest BCUT2D eigenvalue weighted by Gasteiger charge is -2.25. The molecular formula is C14H24N2O2. The van der Waals surface area contributed by atoms with Crippen molar-refractivity contribution in [2.75, 3.05) is 6.54 Å². The van der Waals surface area contributed by atoms with Crippen molar-refractivity contribution in [2.24, 2.45) is 5.92 Å². The normalized spacial score (nSPS) is 25.8. The number of hydrogen-bond donors (Lipinski definition) is 1. The molecule has 2 aliphatic rings. The minimum absolute atomic E-state index is 0.0819. The lowest BCUT2D eigenvalue weighted by atomic mass is 9.95. The van der Waals surface area contributed by atoms with Crippen LogP contribution in [0.3, 0.4) is 0 Å². The van der Waals surface area contributed by atoms with Crippen LogP contribution in [0, 0.1) is 5.92 Å². The van der Waals surface area contributed by atoms with E-state index in [1.54, 1.807) is 0 Å². The molecule has 4 nitrogen and oxygen atoms in total. The first-order valence-corrected chi connectivity index (χ1v) is 7.17. The van der Waals surface area contributed by atoms with Crippen LogP contribution < -0.4 is 5.32 Å². The average molecular weight is 252 g/mol. The second kappa shape index (κ2) is 5.72. The summed E-state index contributed by atoms with van der Waals surface area (Å²) in [5, 5.41) is 3.12. The molecule has 4 heteroatoms. The minimum Gasteiger partial charge on any atom is -0.353 e. The smallest absolute Gasteiger partial charge is 0.225 e. The summed E-state index contributed by atoms with van der Waals surface area (Å²) in [6.07, 6.45) is 6.30. The number of hydrogen-bond acceptors (Lipinski definition) is 2. The van der Waals surface area contributed by atoms with Crippen molar-refractivity contribution in [3.8, 4) is 0 Å². The Balaban J connectivity index is 1.84. The van der Waals surface area contributed by atoms with E-state index >= 15 is 0 Å². The van der Waals surface area contributed by atoms with Gasteiger partial charge in [-0.15, -0.1) is 0 Å². The van der Waals surface area contributed by atoms with Gasteiger partial charge in [-0.05, 0) is 26.7 Å². The Labute approximate surface area is 109 Å². The summed E-state index contributed by atoms with van der Waals surface area (Å²) < 4.78 is 0. The molecule has 2 amide bonds. The molecule has 2 fully saturated rings. The van der Waals surface area contributed by atoms with Crippen LogP contribution in [0.15, 0.2) is 0 Å². The quantitative estimate of drug-likeness (QED) is 0.831. The first kappa shape index (κ1) is 13.4. The molecule has 1 aliphatic heterocycles. The fourth-order valence-corrected chi connectivity index (χ4v) is 2.97. The molecule has 2 rings (SSSR count). The Bertz CT molecular complexity index is 322. The third-order valence-electron chi connectivity index (χ3n) is 4.10. The number of nitrogens with one attached hydrogen (secondary N) is 1. The first-order valence-electron chi connectivity index (χ1n) is 7.17. The minimum atomic E-state index is -0.137. The second-order valence-corrected chi connectivity index (χ2v) is 5.88. The summed E-state index contributed by atoms with van der Waals surface area (Å²) in [6.45, 7) is 4.59. The maximum Gasteiger partial charge on any atom is 0.225 e. The van der Waals surface area contributed by atoms with Crippen molar-refractivity contribution in [1.29, 1.82) is 0 Å². The third kappa shape index (κ3) is 3.03. The number of amides is 2. The van der Waals surface area contributed by atoms with Gasteiger partial charge in [-0.1, -0.05) is 19.3 Å². The van der Waals surface area contributed by atoms with Gasteiger partial charge in [-0.25, -0.2) is 0 Å². The molecule has 0 aromatic carbocycles. The highest BCUT2D eigenvalue weighted by Gasteiger charge is 2.36. The molecule has 1 unspecified atom stereocenters. The fraction of sp³-hybridized carbons (Fsp3) is 0.857. The van der Waals surface area contributed by atoms with Crippen LogP contribution in [-0.2, 0) is 9.59 Å². The Kier molecular flexibility index (Phi) is 4.25. The average Bonchev–Trinajstić information content (AvgIpc) is 2.73. The highest BCUT2D eigenvalue weighted by Crippen LogP contribution is 2.22. The van der Waals surface area contributed by atoms with E-state index in [4.69, 9.17) is 0 Å². The zero-order valence-corrected chi connectivity index (χ0v) is 11.4. The van der Waals surface area contributed by atoms with E-state index in [1.165, 1.54) is 19.3 Å². The predicted octanol–water partition coefficient (Wildman–Crippen LogP) is 1.69. The molecule has 1 aliphatic carbocycles. The van der Waals surface area contributed by atoms with E-state index in [2.05, 4.69) is 5.32 Å². The number of likely N-dealkylation sites (tertiary alicyclic amines) is 1. The largest absolute Gasteiger partial charge is 0.353 e. The van der Waals surface area contributed by atoms with Gasteiger partial charge in [0.15, 0.2) is 0 Å². The van der Waals surface area contributed by atoms with Crippen LogP contribution in [0.4, 0.5) is 0 Å². The molecule has 18 heavy (non-hydrogen) atoms. The Morgan fingerprint density at radius 2 is 1.94 bits per heavy atom. The first-order chi connectivity index (χ1) is 8.58. The molecule has 1 saturated heterocycles. The van der Waals surface area contributed by atoms with Crippen LogP contribution in [-0.4, -0.2) is 35.3 Å². The van der Waals surface area contributed by atoms with Gasteiger partial charge in [0.1, 0.15) is 0 Å². The van der Waals surface area contributed by atoms with Crippen LogP contribution in [0.25, 0.3) is 0 Å². The second-order valence-electron chi connectivity index (χ2n) is 5.88. The van der Waals surface area contributed by atoms with E-state index in [0.29, 0.717) is 19.0 Å². The van der Waals surface area contributed by atoms with Crippen LogP contribution in [0.5, 0.6) is 0 Å².